The smallest absolute Gasteiger partial charge is 0.251 e. The minimum atomic E-state index is -0.0424. The van der Waals surface area contributed by atoms with E-state index < -0.39 is 0 Å². The molecule has 3 N–H and O–H groups in total. The maximum Gasteiger partial charge on any atom is 0.251 e. The average molecular weight is 298 g/mol. The molecule has 0 fully saturated rings. The Balaban J connectivity index is 2.01. The molecular weight excluding hydrogens is 280 g/mol. The molecule has 108 valence electrons. The first-order valence-corrected chi connectivity index (χ1v) is 7.60. The number of carbonyl (C=O) groups excluding carboxylic acids is 1. The fourth-order valence-electron chi connectivity index (χ4n) is 1.94. The van der Waals surface area contributed by atoms with Gasteiger partial charge in [-0.1, -0.05) is 29.5 Å². The Kier molecular flexibility index (Phi) is 5.15. The van der Waals surface area contributed by atoms with Gasteiger partial charge in [-0.2, -0.15) is 0 Å². The zero-order valence-corrected chi connectivity index (χ0v) is 13.0. The van der Waals surface area contributed by atoms with Crippen molar-refractivity contribution in [3.05, 3.63) is 56.8 Å². The van der Waals surface area contributed by atoms with Crippen LogP contribution >= 0.6 is 11.3 Å². The van der Waals surface area contributed by atoms with Crippen molar-refractivity contribution in [2.75, 3.05) is 6.54 Å². The number of nitrogens with one attached hydrogen (secondary N) is 1. The Morgan fingerprint density at radius 2 is 2.14 bits per heavy atom. The van der Waals surface area contributed by atoms with E-state index in [1.165, 1.54) is 0 Å². The SMILES string of the molecule is Cc1ccc(C)c(C(=O)NCc2cc(C#CCN)cs2)c1. The number of benzene rings is 1. The summed E-state index contributed by atoms with van der Waals surface area (Å²) >= 11 is 1.59. The second-order valence-electron chi connectivity index (χ2n) is 4.81. The lowest BCUT2D eigenvalue weighted by Crippen LogP contribution is -2.23. The molecule has 0 spiro atoms. The van der Waals surface area contributed by atoms with Crippen molar-refractivity contribution in [3.8, 4) is 11.8 Å². The lowest BCUT2D eigenvalue weighted by atomic mass is 10.1. The highest BCUT2D eigenvalue weighted by atomic mass is 32.1. The third-order valence-corrected chi connectivity index (χ3v) is 3.99. The van der Waals surface area contributed by atoms with Gasteiger partial charge in [0.25, 0.3) is 5.91 Å². The van der Waals surface area contributed by atoms with Gasteiger partial charge in [-0.3, -0.25) is 4.79 Å². The van der Waals surface area contributed by atoms with Crippen LogP contribution in [-0.2, 0) is 6.54 Å². The Bertz CT molecular complexity index is 707. The molecule has 2 rings (SSSR count). The average Bonchev–Trinajstić information content (AvgIpc) is 2.93. The number of aryl methyl sites for hydroxylation is 2. The van der Waals surface area contributed by atoms with E-state index in [1.807, 2.05) is 43.5 Å². The minimum Gasteiger partial charge on any atom is -0.347 e. The lowest BCUT2D eigenvalue weighted by Gasteiger charge is -2.07. The minimum absolute atomic E-state index is 0.0424. The van der Waals surface area contributed by atoms with Gasteiger partial charge in [0.05, 0.1) is 13.1 Å². The van der Waals surface area contributed by atoms with Gasteiger partial charge in [-0.25, -0.2) is 0 Å². The van der Waals surface area contributed by atoms with E-state index in [0.717, 1.165) is 27.1 Å². The Morgan fingerprint density at radius 1 is 1.33 bits per heavy atom. The molecule has 0 saturated heterocycles. The third-order valence-electron chi connectivity index (χ3n) is 3.05. The third kappa shape index (κ3) is 4.19. The molecule has 0 aliphatic rings. The molecule has 4 heteroatoms. The van der Waals surface area contributed by atoms with Gasteiger partial charge in [0.15, 0.2) is 0 Å². The van der Waals surface area contributed by atoms with Crippen molar-refractivity contribution in [1.29, 1.82) is 0 Å². The van der Waals surface area contributed by atoms with Crippen LogP contribution in [0.1, 0.15) is 31.9 Å². The van der Waals surface area contributed by atoms with Crippen LogP contribution in [0.5, 0.6) is 0 Å². The van der Waals surface area contributed by atoms with Gasteiger partial charge in [0, 0.05) is 21.4 Å². The molecule has 3 nitrogen and oxygen atoms in total. The molecule has 0 aliphatic carbocycles. The topological polar surface area (TPSA) is 55.1 Å². The lowest BCUT2D eigenvalue weighted by molar-refractivity contribution is 0.0950. The molecule has 0 unspecified atom stereocenters. The second-order valence-corrected chi connectivity index (χ2v) is 5.80. The molecule has 0 bridgehead atoms. The predicted molar refractivity (Wildman–Crippen MR) is 87.3 cm³/mol. The number of amides is 1. The first-order chi connectivity index (χ1) is 10.1. The summed E-state index contributed by atoms with van der Waals surface area (Å²) in [6, 6.07) is 7.87. The molecule has 0 radical (unpaired) electrons. The van der Waals surface area contributed by atoms with E-state index >= 15 is 0 Å². The molecule has 0 aliphatic heterocycles. The van der Waals surface area contributed by atoms with Gasteiger partial charge in [0.2, 0.25) is 0 Å². The molecule has 2 aromatic rings. The van der Waals surface area contributed by atoms with Crippen LogP contribution in [0.15, 0.2) is 29.6 Å². The van der Waals surface area contributed by atoms with Crippen LogP contribution in [0.25, 0.3) is 0 Å². The summed E-state index contributed by atoms with van der Waals surface area (Å²) in [6.07, 6.45) is 0. The highest BCUT2D eigenvalue weighted by molar-refractivity contribution is 7.10. The second kappa shape index (κ2) is 7.07. The quantitative estimate of drug-likeness (QED) is 0.856. The van der Waals surface area contributed by atoms with E-state index in [0.29, 0.717) is 13.1 Å². The van der Waals surface area contributed by atoms with E-state index in [1.54, 1.807) is 11.3 Å². The maximum atomic E-state index is 12.2. The number of carbonyl (C=O) groups is 1. The molecule has 1 aromatic heterocycles. The normalized spacial score (nSPS) is 9.86. The summed E-state index contributed by atoms with van der Waals surface area (Å²) in [5, 5.41) is 4.93. The first-order valence-electron chi connectivity index (χ1n) is 6.72. The summed E-state index contributed by atoms with van der Waals surface area (Å²) in [6.45, 7) is 4.80. The number of rotatable bonds is 3. The molecule has 0 atom stereocenters. The van der Waals surface area contributed by atoms with Crippen molar-refractivity contribution in [3.63, 3.8) is 0 Å². The monoisotopic (exact) mass is 298 g/mol. The van der Waals surface area contributed by atoms with Crippen molar-refractivity contribution in [2.24, 2.45) is 5.73 Å². The van der Waals surface area contributed by atoms with Crippen LogP contribution < -0.4 is 11.1 Å². The zero-order valence-electron chi connectivity index (χ0n) is 12.2. The molecular formula is C17H18N2OS. The van der Waals surface area contributed by atoms with Gasteiger partial charge in [0.1, 0.15) is 0 Å². The maximum absolute atomic E-state index is 12.2. The summed E-state index contributed by atoms with van der Waals surface area (Å²) in [4.78, 5) is 13.3. The Labute approximate surface area is 129 Å². The molecule has 1 heterocycles. The fraction of sp³-hybridized carbons (Fsp3) is 0.235. The van der Waals surface area contributed by atoms with E-state index in [9.17, 15) is 4.79 Å². The number of thiophene rings is 1. The van der Waals surface area contributed by atoms with Crippen molar-refractivity contribution in [2.45, 2.75) is 20.4 Å². The summed E-state index contributed by atoms with van der Waals surface area (Å²) in [7, 11) is 0. The number of hydrogen-bond acceptors (Lipinski definition) is 3. The van der Waals surface area contributed by atoms with Crippen LogP contribution in [-0.4, -0.2) is 12.5 Å². The van der Waals surface area contributed by atoms with Gasteiger partial charge in [-0.05, 0) is 31.5 Å². The Hall–Kier alpha value is -2.09. The molecule has 1 aromatic carbocycles. The van der Waals surface area contributed by atoms with Crippen molar-refractivity contribution >= 4 is 17.2 Å². The Morgan fingerprint density at radius 3 is 2.90 bits per heavy atom. The molecule has 1 amide bonds. The summed E-state index contributed by atoms with van der Waals surface area (Å²) in [5.41, 5.74) is 9.09. The van der Waals surface area contributed by atoms with Gasteiger partial charge >= 0.3 is 0 Å². The highest BCUT2D eigenvalue weighted by Gasteiger charge is 2.09. The number of nitrogens with two attached hydrogens (primary N) is 1. The summed E-state index contributed by atoms with van der Waals surface area (Å²) in [5.74, 6) is 5.76. The largest absolute Gasteiger partial charge is 0.347 e. The van der Waals surface area contributed by atoms with Crippen LogP contribution in [0.3, 0.4) is 0 Å². The van der Waals surface area contributed by atoms with E-state index in [2.05, 4.69) is 17.2 Å². The van der Waals surface area contributed by atoms with Crippen LogP contribution in [0, 0.1) is 25.7 Å². The van der Waals surface area contributed by atoms with Crippen molar-refractivity contribution in [1.82, 2.24) is 5.32 Å². The van der Waals surface area contributed by atoms with Crippen LogP contribution in [0.2, 0.25) is 0 Å². The number of hydrogen-bond donors (Lipinski definition) is 2. The standard InChI is InChI=1S/C17H18N2OS/c1-12-5-6-13(2)16(8-12)17(20)19-10-15-9-14(11-21-15)4-3-7-18/h5-6,8-9,11H,7,10,18H2,1-2H3,(H,19,20). The van der Waals surface area contributed by atoms with Gasteiger partial charge in [-0.15, -0.1) is 11.3 Å². The zero-order chi connectivity index (χ0) is 15.2. The van der Waals surface area contributed by atoms with Crippen LogP contribution in [0.4, 0.5) is 0 Å². The predicted octanol–water partition coefficient (Wildman–Crippen LogP) is 2.61. The summed E-state index contributed by atoms with van der Waals surface area (Å²) < 4.78 is 0. The van der Waals surface area contributed by atoms with Gasteiger partial charge < -0.3 is 11.1 Å². The fourth-order valence-corrected chi connectivity index (χ4v) is 2.69. The molecule has 0 saturated carbocycles. The van der Waals surface area contributed by atoms with E-state index in [-0.39, 0.29) is 5.91 Å². The van der Waals surface area contributed by atoms with Crippen molar-refractivity contribution < 1.29 is 4.79 Å². The molecule has 21 heavy (non-hydrogen) atoms. The highest BCUT2D eigenvalue weighted by Crippen LogP contribution is 2.15. The van der Waals surface area contributed by atoms with E-state index in [4.69, 9.17) is 5.73 Å². The first kappa shape index (κ1) is 15.3.